The number of benzene rings is 2. The maximum Gasteiger partial charge on any atom is 0.303 e. The smallest absolute Gasteiger partial charge is 0.303 e. The Morgan fingerprint density at radius 2 is 2.08 bits per heavy atom. The van der Waals surface area contributed by atoms with Crippen LogP contribution in [0.25, 0.3) is 22.2 Å². The second kappa shape index (κ2) is 7.63. The summed E-state index contributed by atoms with van der Waals surface area (Å²) in [5, 5.41) is 19.9. The number of hydrogen-bond donors (Lipinski definition) is 2. The van der Waals surface area contributed by atoms with Crippen LogP contribution in [0.5, 0.6) is 0 Å². The van der Waals surface area contributed by atoms with Gasteiger partial charge < -0.3 is 10.1 Å². The largest absolute Gasteiger partial charge is 0.481 e. The number of rotatable bonds is 6. The van der Waals surface area contributed by atoms with Gasteiger partial charge in [-0.15, -0.1) is 0 Å². The minimum Gasteiger partial charge on any atom is -0.481 e. The quantitative estimate of drug-likeness (QED) is 0.619. The summed E-state index contributed by atoms with van der Waals surface area (Å²) in [7, 11) is 0. The minimum absolute atomic E-state index is 0.116. The molecule has 0 bridgehead atoms. The van der Waals surface area contributed by atoms with E-state index in [0.717, 1.165) is 44.7 Å². The molecule has 0 aliphatic heterocycles. The molecule has 0 spiro atoms. The molecule has 0 saturated carbocycles. The monoisotopic (exact) mass is 366 g/mol. The second-order valence-corrected chi connectivity index (χ2v) is 6.66. The lowest BCUT2D eigenvalue weighted by Crippen LogP contribution is -1.97. The van der Waals surface area contributed by atoms with E-state index in [1.807, 2.05) is 24.3 Å². The number of nitrogens with zero attached hydrogens (tertiary/aromatic N) is 1. The molecule has 0 fully saturated rings. The van der Waals surface area contributed by atoms with Crippen LogP contribution in [0, 0.1) is 11.3 Å². The van der Waals surface area contributed by atoms with E-state index in [-0.39, 0.29) is 6.42 Å². The minimum atomic E-state index is -0.802. The lowest BCUT2D eigenvalue weighted by atomic mass is 9.98. The highest BCUT2D eigenvalue weighted by atomic mass is 35.5. The average Bonchev–Trinajstić information content (AvgIpc) is 2.99. The van der Waals surface area contributed by atoms with Crippen LogP contribution in [-0.2, 0) is 17.6 Å². The fourth-order valence-electron chi connectivity index (χ4n) is 3.24. The van der Waals surface area contributed by atoms with Gasteiger partial charge >= 0.3 is 5.97 Å². The summed E-state index contributed by atoms with van der Waals surface area (Å²) in [5.41, 5.74) is 5.63. The van der Waals surface area contributed by atoms with Crippen molar-refractivity contribution in [3.05, 3.63) is 58.1 Å². The molecule has 5 heteroatoms. The van der Waals surface area contributed by atoms with Crippen LogP contribution in [0.3, 0.4) is 0 Å². The van der Waals surface area contributed by atoms with E-state index in [4.69, 9.17) is 16.7 Å². The van der Waals surface area contributed by atoms with Crippen molar-refractivity contribution in [3.63, 3.8) is 0 Å². The number of aromatic nitrogens is 1. The predicted octanol–water partition coefficient (Wildman–Crippen LogP) is 5.33. The number of aromatic amines is 1. The number of H-pyrrole nitrogens is 1. The summed E-state index contributed by atoms with van der Waals surface area (Å²) in [6, 6.07) is 13.6. The topological polar surface area (TPSA) is 76.9 Å². The van der Waals surface area contributed by atoms with Gasteiger partial charge in [0.25, 0.3) is 0 Å². The predicted molar refractivity (Wildman–Crippen MR) is 103 cm³/mol. The number of hydrogen-bond acceptors (Lipinski definition) is 2. The molecule has 0 amide bonds. The molecule has 3 aromatic rings. The third kappa shape index (κ3) is 3.58. The van der Waals surface area contributed by atoms with Crippen LogP contribution < -0.4 is 0 Å². The average molecular weight is 367 g/mol. The zero-order valence-electron chi connectivity index (χ0n) is 14.5. The molecule has 0 aliphatic carbocycles. The third-order valence-corrected chi connectivity index (χ3v) is 4.94. The number of carbonyl (C=O) groups is 1. The number of halogens is 1. The molecule has 2 N–H and O–H groups in total. The van der Waals surface area contributed by atoms with Gasteiger partial charge in [-0.1, -0.05) is 24.6 Å². The van der Waals surface area contributed by atoms with Gasteiger partial charge in [0.05, 0.1) is 11.6 Å². The van der Waals surface area contributed by atoms with Crippen molar-refractivity contribution >= 4 is 28.5 Å². The Morgan fingerprint density at radius 3 is 2.77 bits per heavy atom. The van der Waals surface area contributed by atoms with E-state index < -0.39 is 5.97 Å². The number of fused-ring (bicyclic) bond motifs is 1. The van der Waals surface area contributed by atoms with E-state index in [2.05, 4.69) is 24.0 Å². The third-order valence-electron chi connectivity index (χ3n) is 4.57. The number of nitriles is 1. The Morgan fingerprint density at radius 1 is 1.27 bits per heavy atom. The summed E-state index contributed by atoms with van der Waals surface area (Å²) < 4.78 is 0. The Labute approximate surface area is 157 Å². The van der Waals surface area contributed by atoms with Crippen molar-refractivity contribution < 1.29 is 9.90 Å². The maximum atomic E-state index is 10.9. The van der Waals surface area contributed by atoms with Gasteiger partial charge in [0.2, 0.25) is 0 Å². The summed E-state index contributed by atoms with van der Waals surface area (Å²) in [4.78, 5) is 14.3. The molecule has 0 radical (unpaired) electrons. The van der Waals surface area contributed by atoms with Crippen LogP contribution in [-0.4, -0.2) is 16.1 Å². The van der Waals surface area contributed by atoms with Gasteiger partial charge in [-0.05, 0) is 66.3 Å². The number of nitrogens with one attached hydrogen (secondary N) is 1. The van der Waals surface area contributed by atoms with Crippen molar-refractivity contribution in [2.45, 2.75) is 32.6 Å². The fourth-order valence-corrected chi connectivity index (χ4v) is 3.49. The number of aliphatic carboxylic acids is 1. The molecular weight excluding hydrogens is 348 g/mol. The highest BCUT2D eigenvalue weighted by Crippen LogP contribution is 2.34. The lowest BCUT2D eigenvalue weighted by molar-refractivity contribution is -0.137. The van der Waals surface area contributed by atoms with E-state index in [1.165, 1.54) is 0 Å². The van der Waals surface area contributed by atoms with Crippen molar-refractivity contribution in [1.29, 1.82) is 5.26 Å². The van der Waals surface area contributed by atoms with Crippen molar-refractivity contribution in [2.75, 3.05) is 0 Å². The van der Waals surface area contributed by atoms with E-state index in [0.29, 0.717) is 18.4 Å². The van der Waals surface area contributed by atoms with Crippen LogP contribution in [0.4, 0.5) is 0 Å². The van der Waals surface area contributed by atoms with E-state index in [9.17, 15) is 10.1 Å². The van der Waals surface area contributed by atoms with Gasteiger partial charge in [0, 0.05) is 28.0 Å². The highest BCUT2D eigenvalue weighted by Gasteiger charge is 2.15. The van der Waals surface area contributed by atoms with Crippen LogP contribution in [0.1, 0.15) is 36.5 Å². The lowest BCUT2D eigenvalue weighted by Gasteiger charge is -2.08. The zero-order chi connectivity index (χ0) is 18.7. The number of aryl methyl sites for hydroxylation is 2. The molecule has 26 heavy (non-hydrogen) atoms. The fraction of sp³-hybridized carbons (Fsp3) is 0.238. The van der Waals surface area contributed by atoms with Crippen LogP contribution in [0.2, 0.25) is 5.02 Å². The van der Waals surface area contributed by atoms with E-state index in [1.54, 1.807) is 6.07 Å². The van der Waals surface area contributed by atoms with Crippen molar-refractivity contribution in [1.82, 2.24) is 4.98 Å². The summed E-state index contributed by atoms with van der Waals surface area (Å²) in [6.45, 7) is 2.06. The molecule has 1 aromatic heterocycles. The Bertz CT molecular complexity index is 1010. The maximum absolute atomic E-state index is 10.9. The van der Waals surface area contributed by atoms with Gasteiger partial charge in [-0.2, -0.15) is 5.26 Å². The zero-order valence-corrected chi connectivity index (χ0v) is 15.2. The molecule has 1 heterocycles. The Kier molecular flexibility index (Phi) is 5.29. The van der Waals surface area contributed by atoms with E-state index >= 15 is 0 Å². The summed E-state index contributed by atoms with van der Waals surface area (Å²) >= 11 is 6.25. The van der Waals surface area contributed by atoms with Crippen LogP contribution >= 0.6 is 11.6 Å². The summed E-state index contributed by atoms with van der Waals surface area (Å²) in [6.07, 6.45) is 2.12. The molecule has 0 saturated heterocycles. The molecule has 3 rings (SSSR count). The first-order chi connectivity index (χ1) is 12.5. The summed E-state index contributed by atoms with van der Waals surface area (Å²) in [5.74, 6) is -0.802. The van der Waals surface area contributed by atoms with Crippen molar-refractivity contribution in [3.8, 4) is 17.3 Å². The van der Waals surface area contributed by atoms with Crippen molar-refractivity contribution in [2.24, 2.45) is 0 Å². The molecule has 2 aromatic carbocycles. The second-order valence-electron chi connectivity index (χ2n) is 6.26. The Balaban J connectivity index is 2.14. The van der Waals surface area contributed by atoms with Gasteiger partial charge in [-0.3, -0.25) is 4.79 Å². The molecule has 4 nitrogen and oxygen atoms in total. The SMILES string of the molecule is CCc1cc(-c2[nH]c3ccc(C#N)cc3c2CCCC(=O)O)ccc1Cl. The standard InChI is InChI=1S/C21H19ClN2O2/c1-2-14-11-15(7-8-18(14)22)21-16(4-3-5-20(25)26)17-10-13(12-23)6-9-19(17)24-21/h6-11,24H,2-5H2,1H3,(H,25,26). The van der Waals surface area contributed by atoms with Gasteiger partial charge in [0.15, 0.2) is 0 Å². The van der Waals surface area contributed by atoms with Gasteiger partial charge in [-0.25, -0.2) is 0 Å². The molecule has 0 unspecified atom stereocenters. The van der Waals surface area contributed by atoms with Gasteiger partial charge in [0.1, 0.15) is 0 Å². The Hall–Kier alpha value is -2.77. The molecular formula is C21H19ClN2O2. The molecule has 0 aliphatic rings. The van der Waals surface area contributed by atoms with Crippen LogP contribution in [0.15, 0.2) is 36.4 Å². The first kappa shape index (κ1) is 18.0. The first-order valence-corrected chi connectivity index (χ1v) is 8.96. The number of carboxylic acid groups (broad SMARTS) is 1. The molecule has 132 valence electrons. The first-order valence-electron chi connectivity index (χ1n) is 8.58. The molecule has 0 atom stereocenters. The number of carboxylic acids is 1. The highest BCUT2D eigenvalue weighted by molar-refractivity contribution is 6.31. The normalized spacial score (nSPS) is 10.8.